The van der Waals surface area contributed by atoms with Crippen LogP contribution < -0.4 is 0 Å². The Hall–Kier alpha value is -2.36. The average molecular weight is 370 g/mol. The summed E-state index contributed by atoms with van der Waals surface area (Å²) in [4.78, 5) is 25.0. The average Bonchev–Trinajstić information content (AvgIpc) is 2.67. The van der Waals surface area contributed by atoms with E-state index in [0.717, 1.165) is 37.8 Å². The SMILES string of the molecule is CC(=O)C(Cc1ccc(F)cc1F)C(=O)C1CCC(c2ccccc2)CC1. The molecule has 3 rings (SSSR count). The molecule has 2 aromatic rings. The fraction of sp³-hybridized carbons (Fsp3) is 0.391. The van der Waals surface area contributed by atoms with Gasteiger partial charge in [-0.25, -0.2) is 8.78 Å². The van der Waals surface area contributed by atoms with E-state index in [1.165, 1.54) is 18.6 Å². The molecule has 142 valence electrons. The highest BCUT2D eigenvalue weighted by Gasteiger charge is 2.34. The van der Waals surface area contributed by atoms with E-state index in [0.29, 0.717) is 5.92 Å². The minimum absolute atomic E-state index is 0.00110. The molecule has 2 aromatic carbocycles. The maximum Gasteiger partial charge on any atom is 0.146 e. The normalized spacial score (nSPS) is 20.9. The number of benzene rings is 2. The van der Waals surface area contributed by atoms with Crippen LogP contribution in [-0.4, -0.2) is 11.6 Å². The van der Waals surface area contributed by atoms with Crippen molar-refractivity contribution in [3.05, 3.63) is 71.3 Å². The van der Waals surface area contributed by atoms with E-state index >= 15 is 0 Å². The first-order valence-electron chi connectivity index (χ1n) is 9.48. The van der Waals surface area contributed by atoms with Gasteiger partial charge in [0.1, 0.15) is 23.2 Å². The van der Waals surface area contributed by atoms with E-state index in [-0.39, 0.29) is 29.5 Å². The minimum atomic E-state index is -0.858. The molecule has 1 atom stereocenters. The Bertz CT molecular complexity index is 808. The van der Waals surface area contributed by atoms with Gasteiger partial charge in [0, 0.05) is 12.0 Å². The van der Waals surface area contributed by atoms with Crippen LogP contribution in [0.2, 0.25) is 0 Å². The number of hydrogen-bond donors (Lipinski definition) is 0. The Labute approximate surface area is 158 Å². The van der Waals surface area contributed by atoms with Crippen LogP contribution in [0.4, 0.5) is 8.78 Å². The van der Waals surface area contributed by atoms with Crippen LogP contribution in [-0.2, 0) is 16.0 Å². The molecule has 0 saturated heterocycles. The summed E-state index contributed by atoms with van der Waals surface area (Å²) in [5.74, 6) is -2.30. The highest BCUT2D eigenvalue weighted by molar-refractivity contribution is 6.02. The lowest BCUT2D eigenvalue weighted by molar-refractivity contribution is -0.134. The lowest BCUT2D eigenvalue weighted by Gasteiger charge is -2.29. The molecular formula is C23H24F2O2. The third-order valence-electron chi connectivity index (χ3n) is 5.67. The summed E-state index contributed by atoms with van der Waals surface area (Å²) in [6.07, 6.45) is 3.31. The van der Waals surface area contributed by atoms with Gasteiger partial charge in [0.25, 0.3) is 0 Å². The van der Waals surface area contributed by atoms with Crippen molar-refractivity contribution < 1.29 is 18.4 Å². The lowest BCUT2D eigenvalue weighted by Crippen LogP contribution is -2.32. The lowest BCUT2D eigenvalue weighted by atomic mass is 9.73. The summed E-state index contributed by atoms with van der Waals surface area (Å²) in [6.45, 7) is 1.37. The molecule has 1 saturated carbocycles. The largest absolute Gasteiger partial charge is 0.299 e. The standard InChI is InChI=1S/C23H24F2O2/c1-15(26)21(13-19-11-12-20(24)14-22(19)25)23(27)18-9-7-17(8-10-18)16-5-3-2-4-6-16/h2-6,11-12,14,17-18,21H,7-10,13H2,1H3. The van der Waals surface area contributed by atoms with Crippen molar-refractivity contribution in [2.24, 2.45) is 11.8 Å². The number of carbonyl (C=O) groups is 2. The van der Waals surface area contributed by atoms with Gasteiger partial charge in [-0.3, -0.25) is 9.59 Å². The van der Waals surface area contributed by atoms with Gasteiger partial charge in [-0.05, 0) is 62.1 Å². The van der Waals surface area contributed by atoms with Crippen molar-refractivity contribution in [1.29, 1.82) is 0 Å². The zero-order valence-corrected chi connectivity index (χ0v) is 15.5. The quantitative estimate of drug-likeness (QED) is 0.651. The van der Waals surface area contributed by atoms with Crippen molar-refractivity contribution in [2.45, 2.75) is 44.9 Å². The summed E-state index contributed by atoms with van der Waals surface area (Å²) in [5, 5.41) is 0. The van der Waals surface area contributed by atoms with Crippen LogP contribution in [0.5, 0.6) is 0 Å². The Morgan fingerprint density at radius 2 is 1.67 bits per heavy atom. The molecule has 0 aromatic heterocycles. The van der Waals surface area contributed by atoms with Gasteiger partial charge in [-0.2, -0.15) is 0 Å². The monoisotopic (exact) mass is 370 g/mol. The van der Waals surface area contributed by atoms with E-state index in [1.54, 1.807) is 0 Å². The van der Waals surface area contributed by atoms with Crippen molar-refractivity contribution in [2.75, 3.05) is 0 Å². The predicted molar refractivity (Wildman–Crippen MR) is 100 cm³/mol. The third kappa shape index (κ3) is 4.68. The summed E-state index contributed by atoms with van der Waals surface area (Å²) in [7, 11) is 0. The predicted octanol–water partition coefficient (Wildman–Crippen LogP) is 5.26. The van der Waals surface area contributed by atoms with E-state index in [4.69, 9.17) is 0 Å². The molecule has 1 fully saturated rings. The maximum absolute atomic E-state index is 14.0. The number of Topliss-reactive ketones (excluding diaryl/α,β-unsaturated/α-hetero) is 2. The van der Waals surface area contributed by atoms with E-state index in [9.17, 15) is 18.4 Å². The molecule has 1 aliphatic rings. The molecule has 0 N–H and O–H groups in total. The Morgan fingerprint density at radius 3 is 2.26 bits per heavy atom. The Kier molecular flexibility index (Phi) is 6.15. The molecule has 2 nitrogen and oxygen atoms in total. The van der Waals surface area contributed by atoms with Crippen LogP contribution in [0.3, 0.4) is 0 Å². The zero-order valence-electron chi connectivity index (χ0n) is 15.5. The van der Waals surface area contributed by atoms with Gasteiger partial charge >= 0.3 is 0 Å². The minimum Gasteiger partial charge on any atom is -0.299 e. The van der Waals surface area contributed by atoms with Gasteiger partial charge in [0.05, 0.1) is 5.92 Å². The first-order chi connectivity index (χ1) is 13.0. The molecular weight excluding hydrogens is 346 g/mol. The van der Waals surface area contributed by atoms with E-state index in [1.807, 2.05) is 18.2 Å². The molecule has 1 aliphatic carbocycles. The van der Waals surface area contributed by atoms with E-state index < -0.39 is 17.6 Å². The van der Waals surface area contributed by atoms with Crippen LogP contribution in [0.15, 0.2) is 48.5 Å². The molecule has 4 heteroatoms. The van der Waals surface area contributed by atoms with Crippen molar-refractivity contribution >= 4 is 11.6 Å². The van der Waals surface area contributed by atoms with Crippen LogP contribution in [0, 0.1) is 23.5 Å². The van der Waals surface area contributed by atoms with Gasteiger partial charge in [-0.15, -0.1) is 0 Å². The highest BCUT2D eigenvalue weighted by Crippen LogP contribution is 2.37. The molecule has 0 heterocycles. The number of ketones is 2. The van der Waals surface area contributed by atoms with Crippen LogP contribution in [0.1, 0.15) is 49.7 Å². The fourth-order valence-corrected chi connectivity index (χ4v) is 4.07. The van der Waals surface area contributed by atoms with Crippen LogP contribution in [0.25, 0.3) is 0 Å². The molecule has 0 radical (unpaired) electrons. The molecule has 0 amide bonds. The number of halogens is 2. The highest BCUT2D eigenvalue weighted by atomic mass is 19.1. The topological polar surface area (TPSA) is 34.1 Å². The first kappa shape index (κ1) is 19.4. The van der Waals surface area contributed by atoms with Crippen molar-refractivity contribution in [3.63, 3.8) is 0 Å². The summed E-state index contributed by atoms with van der Waals surface area (Å²) >= 11 is 0. The van der Waals surface area contributed by atoms with Gasteiger partial charge in [-0.1, -0.05) is 36.4 Å². The molecule has 0 aliphatic heterocycles. The molecule has 0 bridgehead atoms. The second-order valence-corrected chi connectivity index (χ2v) is 7.46. The molecule has 27 heavy (non-hydrogen) atoms. The van der Waals surface area contributed by atoms with Crippen molar-refractivity contribution in [1.82, 2.24) is 0 Å². The molecule has 0 spiro atoms. The Balaban J connectivity index is 1.66. The summed E-state index contributed by atoms with van der Waals surface area (Å²) in [6, 6.07) is 13.5. The molecule has 1 unspecified atom stereocenters. The first-order valence-corrected chi connectivity index (χ1v) is 9.48. The summed E-state index contributed by atoms with van der Waals surface area (Å²) in [5.41, 5.74) is 1.50. The van der Waals surface area contributed by atoms with Gasteiger partial charge < -0.3 is 0 Å². The third-order valence-corrected chi connectivity index (χ3v) is 5.67. The summed E-state index contributed by atoms with van der Waals surface area (Å²) < 4.78 is 27.1. The van der Waals surface area contributed by atoms with Crippen LogP contribution >= 0.6 is 0 Å². The number of carbonyl (C=O) groups excluding carboxylic acids is 2. The van der Waals surface area contributed by atoms with E-state index in [2.05, 4.69) is 12.1 Å². The smallest absolute Gasteiger partial charge is 0.146 e. The fourth-order valence-electron chi connectivity index (χ4n) is 4.07. The van der Waals surface area contributed by atoms with Gasteiger partial charge in [0.2, 0.25) is 0 Å². The number of hydrogen-bond acceptors (Lipinski definition) is 2. The second kappa shape index (κ2) is 8.55. The number of rotatable bonds is 6. The van der Waals surface area contributed by atoms with Gasteiger partial charge in [0.15, 0.2) is 0 Å². The van der Waals surface area contributed by atoms with Crippen molar-refractivity contribution in [3.8, 4) is 0 Å². The second-order valence-electron chi connectivity index (χ2n) is 7.46. The maximum atomic E-state index is 14.0. The Morgan fingerprint density at radius 1 is 1.00 bits per heavy atom. The zero-order chi connectivity index (χ0) is 19.4.